The third-order valence-corrected chi connectivity index (χ3v) is 2.28. The van der Waals surface area contributed by atoms with Crippen LogP contribution in [0.5, 0.6) is 0 Å². The second-order valence-electron chi connectivity index (χ2n) is 1.99. The van der Waals surface area contributed by atoms with Crippen molar-refractivity contribution >= 4 is 41.2 Å². The fourth-order valence-electron chi connectivity index (χ4n) is 0.734. The van der Waals surface area contributed by atoms with Crippen LogP contribution in [0, 0.1) is 0 Å². The lowest BCUT2D eigenvalue weighted by Crippen LogP contribution is -1.77. The first kappa shape index (κ1) is 8.50. The second-order valence-corrected chi connectivity index (χ2v) is 3.58. The molecule has 0 aliphatic heterocycles. The highest BCUT2D eigenvalue weighted by atomic mass is 79.9. The van der Waals surface area contributed by atoms with Crippen LogP contribution in [0.2, 0.25) is 0 Å². The summed E-state index contributed by atoms with van der Waals surface area (Å²) in [5.41, 5.74) is 1.21. The summed E-state index contributed by atoms with van der Waals surface area (Å²) in [4.78, 5) is 1.92. The zero-order valence-electron chi connectivity index (χ0n) is 5.21. The van der Waals surface area contributed by atoms with Crippen LogP contribution in [-0.2, 0) is 5.33 Å². The van der Waals surface area contributed by atoms with Gasteiger partial charge in [0, 0.05) is 15.1 Å². The van der Waals surface area contributed by atoms with Crippen molar-refractivity contribution in [2.45, 2.75) is 15.1 Å². The molecule has 0 spiro atoms. The lowest BCUT2D eigenvalue weighted by atomic mass is 10.2. The number of hydrogen-bond acceptors (Lipinski definition) is 2. The van der Waals surface area contributed by atoms with Crippen LogP contribution in [0.15, 0.2) is 28.0 Å². The van der Waals surface area contributed by atoms with Crippen LogP contribution in [0.3, 0.4) is 0 Å². The zero-order chi connectivity index (χ0) is 7.56. The molecule has 0 atom stereocenters. The van der Waals surface area contributed by atoms with E-state index in [9.17, 15) is 0 Å². The Hall–Kier alpha value is 0.400. The minimum Gasteiger partial charge on any atom is -0.143 e. The van der Waals surface area contributed by atoms with Gasteiger partial charge >= 0.3 is 0 Å². The van der Waals surface area contributed by atoms with E-state index in [-0.39, 0.29) is 0 Å². The Kier molecular flexibility index (Phi) is 3.14. The molecule has 1 aromatic rings. The first-order valence-corrected chi connectivity index (χ1v) is 4.82. The Morgan fingerprint density at radius 1 is 1.10 bits per heavy atom. The molecule has 0 unspecified atom stereocenters. The van der Waals surface area contributed by atoms with Gasteiger partial charge in [0.05, 0.1) is 0 Å². The lowest BCUT2D eigenvalue weighted by molar-refractivity contribution is 1.26. The zero-order valence-corrected chi connectivity index (χ0v) is 8.59. The Bertz CT molecular complexity index is 215. The number of benzene rings is 1. The predicted molar refractivity (Wildman–Crippen MR) is 53.6 cm³/mol. The van der Waals surface area contributed by atoms with Gasteiger partial charge in [0.2, 0.25) is 0 Å². The normalized spacial score (nSPS) is 9.90. The first-order valence-electron chi connectivity index (χ1n) is 2.80. The summed E-state index contributed by atoms with van der Waals surface area (Å²) in [7, 11) is 0. The van der Waals surface area contributed by atoms with Crippen molar-refractivity contribution in [2.24, 2.45) is 0 Å². The highest BCUT2D eigenvalue weighted by Crippen LogP contribution is 2.17. The standard InChI is InChI=1S/C7H7BrS2/c8-4-5-1-6(9)3-7(10)2-5/h1-3,9-10H,4H2. The summed E-state index contributed by atoms with van der Waals surface area (Å²) < 4.78 is 0. The maximum atomic E-state index is 4.21. The van der Waals surface area contributed by atoms with Crippen LogP contribution < -0.4 is 0 Å². The number of halogens is 1. The molecule has 0 amide bonds. The summed E-state index contributed by atoms with van der Waals surface area (Å²) in [6, 6.07) is 5.94. The summed E-state index contributed by atoms with van der Waals surface area (Å²) >= 11 is 11.8. The molecule has 0 heterocycles. The fraction of sp³-hybridized carbons (Fsp3) is 0.143. The average Bonchev–Trinajstić information content (AvgIpc) is 1.85. The number of alkyl halides is 1. The van der Waals surface area contributed by atoms with Crippen LogP contribution in [0.4, 0.5) is 0 Å². The van der Waals surface area contributed by atoms with Crippen LogP contribution in [-0.4, -0.2) is 0 Å². The predicted octanol–water partition coefficient (Wildman–Crippen LogP) is 3.16. The molecule has 0 bridgehead atoms. The van der Waals surface area contributed by atoms with Gasteiger partial charge in [-0.2, -0.15) is 0 Å². The Morgan fingerprint density at radius 2 is 1.60 bits per heavy atom. The Labute approximate surface area is 80.0 Å². The molecular formula is C7H7BrS2. The van der Waals surface area contributed by atoms with E-state index in [0.29, 0.717) is 0 Å². The molecule has 0 saturated heterocycles. The molecule has 1 rings (SSSR count). The van der Waals surface area contributed by atoms with Gasteiger partial charge in [0.15, 0.2) is 0 Å². The van der Waals surface area contributed by atoms with Gasteiger partial charge in [-0.3, -0.25) is 0 Å². The van der Waals surface area contributed by atoms with E-state index in [0.717, 1.165) is 15.1 Å². The van der Waals surface area contributed by atoms with Crippen molar-refractivity contribution in [1.82, 2.24) is 0 Å². The van der Waals surface area contributed by atoms with E-state index < -0.39 is 0 Å². The van der Waals surface area contributed by atoms with Gasteiger partial charge in [-0.05, 0) is 23.8 Å². The number of thiol groups is 2. The van der Waals surface area contributed by atoms with Crippen molar-refractivity contribution in [3.63, 3.8) is 0 Å². The lowest BCUT2D eigenvalue weighted by Gasteiger charge is -1.98. The third-order valence-electron chi connectivity index (χ3n) is 1.12. The van der Waals surface area contributed by atoms with Crippen molar-refractivity contribution in [2.75, 3.05) is 0 Å². The molecule has 3 heteroatoms. The van der Waals surface area contributed by atoms with Gasteiger partial charge in [0.1, 0.15) is 0 Å². The maximum absolute atomic E-state index is 4.21. The van der Waals surface area contributed by atoms with Gasteiger partial charge in [-0.25, -0.2) is 0 Å². The highest BCUT2D eigenvalue weighted by molar-refractivity contribution is 9.08. The molecule has 0 nitrogen and oxygen atoms in total. The van der Waals surface area contributed by atoms with Crippen LogP contribution in [0.25, 0.3) is 0 Å². The van der Waals surface area contributed by atoms with Gasteiger partial charge in [-0.1, -0.05) is 15.9 Å². The molecule has 0 aliphatic rings. The van der Waals surface area contributed by atoms with Gasteiger partial charge < -0.3 is 0 Å². The molecule has 1 aromatic carbocycles. The smallest absolute Gasteiger partial charge is 0.0283 e. The third kappa shape index (κ3) is 2.22. The minimum atomic E-state index is 0.856. The van der Waals surface area contributed by atoms with E-state index in [1.54, 1.807) is 0 Å². The largest absolute Gasteiger partial charge is 0.143 e. The van der Waals surface area contributed by atoms with E-state index in [2.05, 4.69) is 41.2 Å². The summed E-state index contributed by atoms with van der Waals surface area (Å²) in [5, 5.41) is 0.856. The monoisotopic (exact) mass is 234 g/mol. The quantitative estimate of drug-likeness (QED) is 0.542. The van der Waals surface area contributed by atoms with Gasteiger partial charge in [0.25, 0.3) is 0 Å². The van der Waals surface area contributed by atoms with E-state index >= 15 is 0 Å². The molecule has 0 aromatic heterocycles. The summed E-state index contributed by atoms with van der Waals surface area (Å²) in [6.45, 7) is 0. The number of hydrogen-bond donors (Lipinski definition) is 2. The molecule has 0 saturated carbocycles. The second kappa shape index (κ2) is 3.69. The maximum Gasteiger partial charge on any atom is 0.0283 e. The SMILES string of the molecule is Sc1cc(S)cc(CBr)c1. The summed E-state index contributed by atoms with van der Waals surface area (Å²) in [5.74, 6) is 0. The van der Waals surface area contributed by atoms with Crippen molar-refractivity contribution < 1.29 is 0 Å². The van der Waals surface area contributed by atoms with E-state index in [1.165, 1.54) is 5.56 Å². The van der Waals surface area contributed by atoms with Crippen LogP contribution >= 0.6 is 41.2 Å². The Morgan fingerprint density at radius 3 is 2.00 bits per heavy atom. The topological polar surface area (TPSA) is 0 Å². The molecule has 0 fully saturated rings. The Balaban J connectivity index is 3.06. The van der Waals surface area contributed by atoms with E-state index in [1.807, 2.05) is 18.2 Å². The fourth-order valence-corrected chi connectivity index (χ4v) is 1.77. The minimum absolute atomic E-state index is 0.856. The molecular weight excluding hydrogens is 228 g/mol. The van der Waals surface area contributed by atoms with Crippen molar-refractivity contribution in [1.29, 1.82) is 0 Å². The molecule has 0 aliphatic carbocycles. The van der Waals surface area contributed by atoms with Crippen molar-refractivity contribution in [3.05, 3.63) is 23.8 Å². The average molecular weight is 235 g/mol. The summed E-state index contributed by atoms with van der Waals surface area (Å²) in [6.07, 6.45) is 0. The van der Waals surface area contributed by atoms with Crippen LogP contribution in [0.1, 0.15) is 5.56 Å². The molecule has 0 radical (unpaired) electrons. The van der Waals surface area contributed by atoms with Crippen molar-refractivity contribution in [3.8, 4) is 0 Å². The molecule has 0 N–H and O–H groups in total. The molecule has 10 heavy (non-hydrogen) atoms. The molecule has 54 valence electrons. The first-order chi connectivity index (χ1) is 4.72. The van der Waals surface area contributed by atoms with Gasteiger partial charge in [-0.15, -0.1) is 25.3 Å². The number of rotatable bonds is 1. The highest BCUT2D eigenvalue weighted by Gasteiger charge is 1.93. The van der Waals surface area contributed by atoms with E-state index in [4.69, 9.17) is 0 Å².